The molecule has 4 aromatic rings. The van der Waals surface area contributed by atoms with Crippen molar-refractivity contribution in [3.63, 3.8) is 0 Å². The van der Waals surface area contributed by atoms with Crippen molar-refractivity contribution in [1.82, 2.24) is 20.1 Å². The molecule has 0 radical (unpaired) electrons. The maximum atomic E-state index is 12.9. The number of hydrogen-bond donors (Lipinski definition) is 1. The number of carbonyl (C=O) groups is 1. The number of nitrogens with one attached hydrogen (secondary N) is 1. The Morgan fingerprint density at radius 3 is 2.62 bits per heavy atom. The molecule has 0 saturated carbocycles. The molecule has 0 bridgehead atoms. The van der Waals surface area contributed by atoms with Crippen LogP contribution in [0.3, 0.4) is 0 Å². The van der Waals surface area contributed by atoms with E-state index < -0.39 is 6.04 Å². The molecule has 1 heterocycles. The second kappa shape index (κ2) is 11.0. The van der Waals surface area contributed by atoms with Gasteiger partial charge in [0.05, 0.1) is 22.3 Å². The number of halogens is 3. The van der Waals surface area contributed by atoms with Crippen LogP contribution in [0.5, 0.6) is 0 Å². The fourth-order valence-electron chi connectivity index (χ4n) is 3.48. The van der Waals surface area contributed by atoms with Crippen molar-refractivity contribution in [1.29, 1.82) is 0 Å². The van der Waals surface area contributed by atoms with E-state index in [1.807, 2.05) is 41.8 Å². The normalized spacial score (nSPS) is 11.9. The number of aromatic nitrogens is 3. The molecule has 0 aliphatic heterocycles. The van der Waals surface area contributed by atoms with Crippen molar-refractivity contribution in [3.05, 3.63) is 104 Å². The minimum atomic E-state index is -0.438. The summed E-state index contributed by atoms with van der Waals surface area (Å²) in [7, 11) is 0. The van der Waals surface area contributed by atoms with Crippen molar-refractivity contribution in [3.8, 4) is 5.69 Å². The van der Waals surface area contributed by atoms with Crippen LogP contribution in [0.15, 0.2) is 76.4 Å². The van der Waals surface area contributed by atoms with Crippen molar-refractivity contribution >= 4 is 56.8 Å². The van der Waals surface area contributed by atoms with Gasteiger partial charge in [0.2, 0.25) is 0 Å². The highest BCUT2D eigenvalue weighted by atomic mass is 79.9. The van der Waals surface area contributed by atoms with E-state index in [1.54, 1.807) is 30.0 Å². The summed E-state index contributed by atoms with van der Waals surface area (Å²) < 4.78 is 2.60. The van der Waals surface area contributed by atoms with E-state index in [0.717, 1.165) is 4.47 Å². The third kappa shape index (κ3) is 5.66. The average Bonchev–Trinajstić information content (AvgIpc) is 3.22. The van der Waals surface area contributed by atoms with E-state index in [-0.39, 0.29) is 5.91 Å². The van der Waals surface area contributed by atoms with Crippen LogP contribution in [0.1, 0.15) is 40.3 Å². The highest BCUT2D eigenvalue weighted by Gasteiger charge is 2.23. The predicted molar refractivity (Wildman–Crippen MR) is 142 cm³/mol. The first-order valence-corrected chi connectivity index (χ1v) is 13.0. The highest BCUT2D eigenvalue weighted by Crippen LogP contribution is 2.32. The minimum absolute atomic E-state index is 0.217. The zero-order valence-corrected chi connectivity index (χ0v) is 22.3. The quantitative estimate of drug-likeness (QED) is 0.233. The number of carbonyl (C=O) groups excluding carboxylic acids is 1. The van der Waals surface area contributed by atoms with E-state index in [9.17, 15) is 4.79 Å². The first-order valence-electron chi connectivity index (χ1n) is 10.5. The van der Waals surface area contributed by atoms with Gasteiger partial charge < -0.3 is 5.32 Å². The fraction of sp³-hybridized carbons (Fsp3) is 0.160. The first-order chi connectivity index (χ1) is 16.3. The molecule has 0 aliphatic rings. The lowest BCUT2D eigenvalue weighted by Gasteiger charge is -2.17. The Hall–Kier alpha value is -2.32. The zero-order valence-electron chi connectivity index (χ0n) is 18.4. The van der Waals surface area contributed by atoms with Crippen molar-refractivity contribution < 1.29 is 4.79 Å². The monoisotopic (exact) mass is 574 g/mol. The largest absolute Gasteiger partial charge is 0.342 e. The van der Waals surface area contributed by atoms with Gasteiger partial charge in [-0.25, -0.2) is 0 Å². The Kier molecular flexibility index (Phi) is 7.99. The number of aryl methyl sites for hydroxylation is 1. The Bertz CT molecular complexity index is 1340. The van der Waals surface area contributed by atoms with Gasteiger partial charge in [-0.15, -0.1) is 10.2 Å². The molecule has 0 spiro atoms. The molecule has 1 aromatic heterocycles. The van der Waals surface area contributed by atoms with E-state index >= 15 is 0 Å². The summed E-state index contributed by atoms with van der Waals surface area (Å²) in [6.45, 7) is 3.94. The lowest BCUT2D eigenvalue weighted by molar-refractivity contribution is 0.0937. The molecule has 174 valence electrons. The number of thioether (sulfide) groups is 1. The molecule has 0 aliphatic carbocycles. The van der Waals surface area contributed by atoms with Gasteiger partial charge in [0.15, 0.2) is 11.0 Å². The maximum Gasteiger partial charge on any atom is 0.253 e. The van der Waals surface area contributed by atoms with Crippen LogP contribution in [-0.2, 0) is 5.75 Å². The molecule has 34 heavy (non-hydrogen) atoms. The summed E-state index contributed by atoms with van der Waals surface area (Å²) in [5, 5.41) is 13.6. The molecule has 0 saturated heterocycles. The number of benzene rings is 3. The smallest absolute Gasteiger partial charge is 0.253 e. The zero-order chi connectivity index (χ0) is 24.2. The summed E-state index contributed by atoms with van der Waals surface area (Å²) in [5.74, 6) is 1.06. The van der Waals surface area contributed by atoms with Crippen LogP contribution in [0.25, 0.3) is 5.69 Å². The lowest BCUT2D eigenvalue weighted by atomic mass is 10.2. The molecule has 1 unspecified atom stereocenters. The second-order valence-corrected chi connectivity index (χ2v) is 10.4. The first kappa shape index (κ1) is 24.8. The second-order valence-electron chi connectivity index (χ2n) is 7.72. The van der Waals surface area contributed by atoms with E-state index in [1.165, 1.54) is 11.1 Å². The van der Waals surface area contributed by atoms with Crippen LogP contribution in [0.4, 0.5) is 0 Å². The average molecular weight is 576 g/mol. The number of rotatable bonds is 7. The van der Waals surface area contributed by atoms with Crippen LogP contribution in [-0.4, -0.2) is 20.7 Å². The third-order valence-corrected chi connectivity index (χ3v) is 7.34. The molecule has 0 fully saturated rings. The Labute approximate surface area is 221 Å². The van der Waals surface area contributed by atoms with E-state index in [0.29, 0.717) is 38.0 Å². The topological polar surface area (TPSA) is 59.8 Å². The summed E-state index contributed by atoms with van der Waals surface area (Å²) in [5.41, 5.74) is 3.61. The van der Waals surface area contributed by atoms with Gasteiger partial charge in [-0.3, -0.25) is 9.36 Å². The van der Waals surface area contributed by atoms with Crippen LogP contribution in [0.2, 0.25) is 10.0 Å². The maximum absolute atomic E-state index is 12.9. The van der Waals surface area contributed by atoms with Crippen molar-refractivity contribution in [2.75, 3.05) is 0 Å². The number of hydrogen-bond acceptors (Lipinski definition) is 4. The number of amides is 1. The molecular weight excluding hydrogens is 555 g/mol. The third-order valence-electron chi connectivity index (χ3n) is 5.11. The van der Waals surface area contributed by atoms with E-state index in [2.05, 4.69) is 56.6 Å². The van der Waals surface area contributed by atoms with Crippen LogP contribution in [0, 0.1) is 6.92 Å². The van der Waals surface area contributed by atoms with Crippen LogP contribution < -0.4 is 5.32 Å². The highest BCUT2D eigenvalue weighted by molar-refractivity contribution is 9.10. The summed E-state index contributed by atoms with van der Waals surface area (Å²) >= 11 is 17.7. The number of nitrogens with zero attached hydrogens (tertiary/aromatic N) is 3. The van der Waals surface area contributed by atoms with Gasteiger partial charge in [-0.2, -0.15) is 0 Å². The van der Waals surface area contributed by atoms with Gasteiger partial charge in [0.25, 0.3) is 5.91 Å². The summed E-state index contributed by atoms with van der Waals surface area (Å²) in [4.78, 5) is 12.9. The predicted octanol–water partition coefficient (Wildman–Crippen LogP) is 7.43. The summed E-state index contributed by atoms with van der Waals surface area (Å²) in [6.07, 6.45) is 0. The van der Waals surface area contributed by atoms with Crippen molar-refractivity contribution in [2.24, 2.45) is 0 Å². The molecule has 9 heteroatoms. The van der Waals surface area contributed by atoms with Crippen LogP contribution >= 0.6 is 50.9 Å². The van der Waals surface area contributed by atoms with Gasteiger partial charge in [-0.1, -0.05) is 76.9 Å². The molecule has 1 amide bonds. The standard InChI is InChI=1S/C25H21BrCl2N4OS/c1-15-6-5-7-17(12-15)14-34-25-31-30-23(32(25)22-11-10-18(27)13-21(22)28)16(2)29-24(33)19-8-3-4-9-20(19)26/h3-13,16H,14H2,1-2H3,(H,29,33). The fourth-order valence-corrected chi connectivity index (χ4v) is 5.33. The minimum Gasteiger partial charge on any atom is -0.342 e. The Balaban J connectivity index is 1.67. The molecule has 3 aromatic carbocycles. The summed E-state index contributed by atoms with van der Waals surface area (Å²) in [6, 6.07) is 20.4. The van der Waals surface area contributed by atoms with Gasteiger partial charge in [0.1, 0.15) is 0 Å². The lowest BCUT2D eigenvalue weighted by Crippen LogP contribution is -2.29. The van der Waals surface area contributed by atoms with Gasteiger partial charge in [-0.05, 0) is 65.7 Å². The van der Waals surface area contributed by atoms with Gasteiger partial charge in [0, 0.05) is 15.2 Å². The van der Waals surface area contributed by atoms with E-state index in [4.69, 9.17) is 23.2 Å². The SMILES string of the molecule is Cc1cccc(CSc2nnc(C(C)NC(=O)c3ccccc3Br)n2-c2ccc(Cl)cc2Cl)c1. The molecule has 5 nitrogen and oxygen atoms in total. The molecule has 4 rings (SSSR count). The Morgan fingerprint density at radius 1 is 1.09 bits per heavy atom. The van der Waals surface area contributed by atoms with Gasteiger partial charge >= 0.3 is 0 Å². The molecular formula is C25H21BrCl2N4OS. The molecule has 1 atom stereocenters. The Morgan fingerprint density at radius 2 is 1.88 bits per heavy atom. The van der Waals surface area contributed by atoms with Crippen molar-refractivity contribution in [2.45, 2.75) is 30.8 Å². The molecule has 1 N–H and O–H groups in total.